The number of rotatable bonds is 3. The number of methoxy groups -OCH3 is 1. The molecule has 1 aliphatic rings. The summed E-state index contributed by atoms with van der Waals surface area (Å²) in [4.78, 5) is 4.37. The third-order valence-electron chi connectivity index (χ3n) is 2.45. The molecule has 1 aromatic heterocycles. The standard InChI is InChI=1S/C9H16N4O/c1-14-6-8-11-9(13-12-8)7-4-2-3-5-10-7/h7,10H,2-6H2,1H3,(H,11,12,13)/t7-/m0/s1. The molecular formula is C9H16N4O. The van der Waals surface area contributed by atoms with E-state index in [2.05, 4.69) is 20.5 Å². The van der Waals surface area contributed by atoms with Gasteiger partial charge in [-0.15, -0.1) is 0 Å². The number of H-pyrrole nitrogens is 1. The third-order valence-corrected chi connectivity index (χ3v) is 2.45. The predicted molar refractivity (Wildman–Crippen MR) is 51.7 cm³/mol. The Bertz CT molecular complexity index is 280. The molecule has 0 aromatic carbocycles. The lowest BCUT2D eigenvalue weighted by Gasteiger charge is -2.20. The highest BCUT2D eigenvalue weighted by atomic mass is 16.5. The van der Waals surface area contributed by atoms with Crippen LogP contribution in [0.4, 0.5) is 0 Å². The van der Waals surface area contributed by atoms with Crippen molar-refractivity contribution in [3.05, 3.63) is 11.6 Å². The van der Waals surface area contributed by atoms with Crippen LogP contribution < -0.4 is 5.32 Å². The zero-order valence-electron chi connectivity index (χ0n) is 8.42. The maximum atomic E-state index is 4.97. The number of piperidine rings is 1. The van der Waals surface area contributed by atoms with Crippen LogP contribution in [0.15, 0.2) is 0 Å². The van der Waals surface area contributed by atoms with Crippen molar-refractivity contribution in [1.82, 2.24) is 20.5 Å². The first-order valence-electron chi connectivity index (χ1n) is 5.03. The Morgan fingerprint density at radius 2 is 2.43 bits per heavy atom. The number of hydrogen-bond acceptors (Lipinski definition) is 4. The molecule has 0 unspecified atom stereocenters. The van der Waals surface area contributed by atoms with Crippen LogP contribution in [0.3, 0.4) is 0 Å². The van der Waals surface area contributed by atoms with Crippen LogP contribution in [-0.4, -0.2) is 28.8 Å². The molecule has 0 spiro atoms. The summed E-state index contributed by atoms with van der Waals surface area (Å²) < 4.78 is 4.97. The minimum absolute atomic E-state index is 0.325. The largest absolute Gasteiger partial charge is 0.377 e. The summed E-state index contributed by atoms with van der Waals surface area (Å²) in [6.45, 7) is 1.57. The van der Waals surface area contributed by atoms with Crippen LogP contribution in [0, 0.1) is 0 Å². The first-order chi connectivity index (χ1) is 6.90. The van der Waals surface area contributed by atoms with E-state index in [9.17, 15) is 0 Å². The number of ether oxygens (including phenoxy) is 1. The Morgan fingerprint density at radius 1 is 1.50 bits per heavy atom. The molecule has 2 rings (SSSR count). The molecule has 1 saturated heterocycles. The lowest BCUT2D eigenvalue weighted by Crippen LogP contribution is -2.27. The van der Waals surface area contributed by atoms with E-state index in [0.29, 0.717) is 12.6 Å². The summed E-state index contributed by atoms with van der Waals surface area (Å²) in [7, 11) is 1.65. The Kier molecular flexibility index (Phi) is 3.10. The molecular weight excluding hydrogens is 180 g/mol. The molecule has 5 nitrogen and oxygen atoms in total. The maximum absolute atomic E-state index is 4.97. The zero-order chi connectivity index (χ0) is 9.80. The van der Waals surface area contributed by atoms with E-state index in [-0.39, 0.29) is 0 Å². The highest BCUT2D eigenvalue weighted by Gasteiger charge is 2.18. The van der Waals surface area contributed by atoms with Crippen LogP contribution in [-0.2, 0) is 11.3 Å². The fourth-order valence-electron chi connectivity index (χ4n) is 1.74. The van der Waals surface area contributed by atoms with Gasteiger partial charge in [0.25, 0.3) is 0 Å². The molecule has 0 amide bonds. The quantitative estimate of drug-likeness (QED) is 0.749. The molecule has 0 bridgehead atoms. The van der Waals surface area contributed by atoms with Crippen molar-refractivity contribution in [3.8, 4) is 0 Å². The van der Waals surface area contributed by atoms with E-state index in [1.165, 1.54) is 12.8 Å². The molecule has 2 heterocycles. The first kappa shape index (κ1) is 9.61. The number of nitrogens with zero attached hydrogens (tertiary/aromatic N) is 2. The molecule has 0 aliphatic carbocycles. The van der Waals surface area contributed by atoms with Gasteiger partial charge in [-0.05, 0) is 19.4 Å². The molecule has 1 atom stereocenters. The number of nitrogens with one attached hydrogen (secondary N) is 2. The van der Waals surface area contributed by atoms with Crippen LogP contribution in [0.1, 0.15) is 37.0 Å². The van der Waals surface area contributed by atoms with Gasteiger partial charge in [-0.25, -0.2) is 4.98 Å². The second kappa shape index (κ2) is 4.52. The predicted octanol–water partition coefficient (Wildman–Crippen LogP) is 0.766. The van der Waals surface area contributed by atoms with Gasteiger partial charge in [-0.1, -0.05) is 6.42 Å². The maximum Gasteiger partial charge on any atom is 0.167 e. The van der Waals surface area contributed by atoms with E-state index in [1.807, 2.05) is 0 Å². The molecule has 1 aliphatic heterocycles. The Balaban J connectivity index is 2.00. The smallest absolute Gasteiger partial charge is 0.167 e. The summed E-state index contributed by atoms with van der Waals surface area (Å²) in [5, 5.41) is 10.5. The Morgan fingerprint density at radius 3 is 3.14 bits per heavy atom. The van der Waals surface area contributed by atoms with Crippen molar-refractivity contribution in [2.45, 2.75) is 31.9 Å². The second-order valence-corrected chi connectivity index (χ2v) is 3.58. The average molecular weight is 196 g/mol. The fraction of sp³-hybridized carbons (Fsp3) is 0.778. The van der Waals surface area contributed by atoms with Gasteiger partial charge in [0.1, 0.15) is 6.61 Å². The number of aromatic nitrogens is 3. The van der Waals surface area contributed by atoms with Crippen molar-refractivity contribution in [1.29, 1.82) is 0 Å². The van der Waals surface area contributed by atoms with Crippen LogP contribution in [0.2, 0.25) is 0 Å². The highest BCUT2D eigenvalue weighted by molar-refractivity contribution is 4.97. The zero-order valence-corrected chi connectivity index (χ0v) is 8.42. The first-order valence-corrected chi connectivity index (χ1v) is 5.03. The van der Waals surface area contributed by atoms with Gasteiger partial charge in [0.2, 0.25) is 0 Å². The van der Waals surface area contributed by atoms with Crippen molar-refractivity contribution < 1.29 is 4.74 Å². The molecule has 0 saturated carbocycles. The SMILES string of the molecule is COCc1nc([C@@H]2CCCCN2)n[nH]1. The summed E-state index contributed by atoms with van der Waals surface area (Å²) >= 11 is 0. The van der Waals surface area contributed by atoms with Crippen molar-refractivity contribution >= 4 is 0 Å². The monoisotopic (exact) mass is 196 g/mol. The topological polar surface area (TPSA) is 62.8 Å². The summed E-state index contributed by atoms with van der Waals surface area (Å²) in [6.07, 6.45) is 3.64. The van der Waals surface area contributed by atoms with Gasteiger partial charge in [0, 0.05) is 7.11 Å². The third kappa shape index (κ3) is 2.10. The molecule has 78 valence electrons. The van der Waals surface area contributed by atoms with Crippen molar-refractivity contribution in [2.24, 2.45) is 0 Å². The minimum Gasteiger partial charge on any atom is -0.377 e. The van der Waals surface area contributed by atoms with E-state index >= 15 is 0 Å². The van der Waals surface area contributed by atoms with E-state index < -0.39 is 0 Å². The van der Waals surface area contributed by atoms with Gasteiger partial charge in [-0.2, -0.15) is 5.10 Å². The van der Waals surface area contributed by atoms with Crippen molar-refractivity contribution in [2.75, 3.05) is 13.7 Å². The molecule has 1 aromatic rings. The fourth-order valence-corrected chi connectivity index (χ4v) is 1.74. The van der Waals surface area contributed by atoms with Gasteiger partial charge < -0.3 is 10.1 Å². The number of hydrogen-bond donors (Lipinski definition) is 2. The van der Waals surface area contributed by atoms with Crippen molar-refractivity contribution in [3.63, 3.8) is 0 Å². The minimum atomic E-state index is 0.325. The van der Waals surface area contributed by atoms with Crippen LogP contribution in [0.5, 0.6) is 0 Å². The Hall–Kier alpha value is -0.940. The molecule has 2 N–H and O–H groups in total. The second-order valence-electron chi connectivity index (χ2n) is 3.58. The van der Waals surface area contributed by atoms with Gasteiger partial charge >= 0.3 is 0 Å². The van der Waals surface area contributed by atoms with Crippen LogP contribution in [0.25, 0.3) is 0 Å². The molecule has 14 heavy (non-hydrogen) atoms. The summed E-state index contributed by atoms with van der Waals surface area (Å²) in [5.41, 5.74) is 0. The van der Waals surface area contributed by atoms with Gasteiger partial charge in [0.05, 0.1) is 6.04 Å². The van der Waals surface area contributed by atoms with E-state index in [0.717, 1.165) is 24.6 Å². The lowest BCUT2D eigenvalue weighted by molar-refractivity contribution is 0.178. The average Bonchev–Trinajstić information content (AvgIpc) is 2.68. The lowest BCUT2D eigenvalue weighted by atomic mass is 10.0. The highest BCUT2D eigenvalue weighted by Crippen LogP contribution is 2.19. The van der Waals surface area contributed by atoms with E-state index in [4.69, 9.17) is 4.74 Å². The number of aromatic amines is 1. The molecule has 1 fully saturated rings. The normalized spacial score (nSPS) is 22.5. The Labute approximate surface area is 83.3 Å². The molecule has 0 radical (unpaired) electrons. The summed E-state index contributed by atoms with van der Waals surface area (Å²) in [5.74, 6) is 1.67. The summed E-state index contributed by atoms with van der Waals surface area (Å²) in [6, 6.07) is 0.325. The van der Waals surface area contributed by atoms with Gasteiger partial charge in [-0.3, -0.25) is 5.10 Å². The van der Waals surface area contributed by atoms with Gasteiger partial charge in [0.15, 0.2) is 11.6 Å². The van der Waals surface area contributed by atoms with Crippen LogP contribution >= 0.6 is 0 Å². The van der Waals surface area contributed by atoms with E-state index in [1.54, 1.807) is 7.11 Å². The molecule has 5 heteroatoms.